The van der Waals surface area contributed by atoms with E-state index in [-0.39, 0.29) is 24.0 Å². The van der Waals surface area contributed by atoms with E-state index in [2.05, 4.69) is 34.4 Å². The van der Waals surface area contributed by atoms with Gasteiger partial charge in [-0.05, 0) is 39.0 Å². The van der Waals surface area contributed by atoms with Crippen molar-refractivity contribution >= 4 is 29.9 Å². The third kappa shape index (κ3) is 10.9. The van der Waals surface area contributed by atoms with Crippen molar-refractivity contribution in [3.63, 3.8) is 0 Å². The maximum absolute atomic E-state index is 5.66. The summed E-state index contributed by atoms with van der Waals surface area (Å²) in [4.78, 5) is 6.92. The molecule has 6 heteroatoms. The Morgan fingerprint density at radius 1 is 1.11 bits per heavy atom. The van der Waals surface area contributed by atoms with Gasteiger partial charge in [0.15, 0.2) is 5.96 Å². The molecule has 1 saturated heterocycles. The minimum absolute atomic E-state index is 0. The van der Waals surface area contributed by atoms with Crippen molar-refractivity contribution in [1.29, 1.82) is 0 Å². The van der Waals surface area contributed by atoms with E-state index in [4.69, 9.17) is 4.74 Å². The summed E-state index contributed by atoms with van der Waals surface area (Å²) in [6.45, 7) is 9.44. The molecule has 2 aliphatic rings. The highest BCUT2D eigenvalue weighted by Gasteiger charge is 2.19. The van der Waals surface area contributed by atoms with E-state index < -0.39 is 0 Å². The van der Waals surface area contributed by atoms with Crippen LogP contribution in [0.2, 0.25) is 0 Å². The maximum atomic E-state index is 5.66. The van der Waals surface area contributed by atoms with Crippen LogP contribution < -0.4 is 10.6 Å². The summed E-state index contributed by atoms with van der Waals surface area (Å²) >= 11 is 0. The molecule has 0 spiro atoms. The van der Waals surface area contributed by atoms with Gasteiger partial charge in [0, 0.05) is 39.3 Å². The zero-order valence-electron chi connectivity index (χ0n) is 17.8. The Bertz CT molecular complexity index is 392. The van der Waals surface area contributed by atoms with Gasteiger partial charge in [0.1, 0.15) is 0 Å². The molecule has 1 saturated carbocycles. The van der Waals surface area contributed by atoms with Crippen LogP contribution in [0.3, 0.4) is 0 Å². The number of unbranched alkanes of at least 4 members (excludes halogenated alkanes) is 1. The first-order chi connectivity index (χ1) is 12.7. The van der Waals surface area contributed by atoms with Gasteiger partial charge in [0.25, 0.3) is 0 Å². The van der Waals surface area contributed by atoms with Crippen LogP contribution in [0.25, 0.3) is 0 Å². The zero-order valence-corrected chi connectivity index (χ0v) is 20.2. The Balaban J connectivity index is 0.00000364. The molecular weight excluding hydrogens is 451 g/mol. The van der Waals surface area contributed by atoms with Gasteiger partial charge in [-0.15, -0.1) is 24.0 Å². The number of likely N-dealkylation sites (tertiary alicyclic amines) is 1. The van der Waals surface area contributed by atoms with Gasteiger partial charge >= 0.3 is 0 Å². The maximum Gasteiger partial charge on any atom is 0.191 e. The highest BCUT2D eigenvalue weighted by atomic mass is 127. The number of hydrogen-bond acceptors (Lipinski definition) is 3. The van der Waals surface area contributed by atoms with Crippen LogP contribution in [0, 0.1) is 5.92 Å². The molecule has 0 radical (unpaired) electrons. The molecule has 1 aliphatic heterocycles. The summed E-state index contributed by atoms with van der Waals surface area (Å²) in [6, 6.07) is 0.543. The number of hydrogen-bond donors (Lipinski definition) is 2. The lowest BCUT2D eigenvalue weighted by Gasteiger charge is -2.33. The van der Waals surface area contributed by atoms with Crippen LogP contribution in [0.15, 0.2) is 4.99 Å². The first kappa shape index (κ1) is 25.0. The number of halogens is 1. The van der Waals surface area contributed by atoms with Gasteiger partial charge in [-0.1, -0.05) is 38.5 Å². The van der Waals surface area contributed by atoms with Crippen LogP contribution in [0.5, 0.6) is 0 Å². The molecule has 0 atom stereocenters. The van der Waals surface area contributed by atoms with Crippen molar-refractivity contribution in [1.82, 2.24) is 15.5 Å². The summed E-state index contributed by atoms with van der Waals surface area (Å²) in [6.07, 6.45) is 12.6. The molecule has 2 N–H and O–H groups in total. The second-order valence-corrected chi connectivity index (χ2v) is 8.33. The molecular formula is C21H43IN4O. The van der Waals surface area contributed by atoms with Gasteiger partial charge < -0.3 is 20.3 Å². The fourth-order valence-corrected chi connectivity index (χ4v) is 4.17. The Kier molecular flexibility index (Phi) is 13.7. The molecule has 1 heterocycles. The summed E-state index contributed by atoms with van der Waals surface area (Å²) in [5.41, 5.74) is 0. The van der Waals surface area contributed by atoms with Gasteiger partial charge in [-0.3, -0.25) is 4.99 Å². The summed E-state index contributed by atoms with van der Waals surface area (Å²) in [5, 5.41) is 7.12. The Morgan fingerprint density at radius 2 is 1.81 bits per heavy atom. The molecule has 0 aromatic heterocycles. The van der Waals surface area contributed by atoms with Crippen LogP contribution in [-0.4, -0.2) is 62.8 Å². The van der Waals surface area contributed by atoms with Crippen molar-refractivity contribution in [3.05, 3.63) is 0 Å². The quantitative estimate of drug-likeness (QED) is 0.209. The summed E-state index contributed by atoms with van der Waals surface area (Å²) < 4.78 is 5.66. The van der Waals surface area contributed by atoms with E-state index in [1.54, 1.807) is 0 Å². The van der Waals surface area contributed by atoms with E-state index >= 15 is 0 Å². The van der Waals surface area contributed by atoms with Crippen LogP contribution in [-0.2, 0) is 4.74 Å². The topological polar surface area (TPSA) is 48.9 Å². The lowest BCUT2D eigenvalue weighted by molar-refractivity contribution is 0.0532. The Morgan fingerprint density at radius 3 is 2.44 bits per heavy atom. The highest BCUT2D eigenvalue weighted by molar-refractivity contribution is 14.0. The Labute approximate surface area is 184 Å². The SMILES string of the molecule is CN=C(NCCCCC1CCCC1)NC1CCN(CCOC(C)C)CC1.I. The number of nitrogens with zero attached hydrogens (tertiary/aromatic N) is 2. The second-order valence-electron chi connectivity index (χ2n) is 8.33. The van der Waals surface area contributed by atoms with E-state index in [0.29, 0.717) is 12.1 Å². The lowest BCUT2D eigenvalue weighted by Crippen LogP contribution is -2.49. The monoisotopic (exact) mass is 494 g/mol. The van der Waals surface area contributed by atoms with Crippen molar-refractivity contribution < 1.29 is 4.74 Å². The predicted molar refractivity (Wildman–Crippen MR) is 126 cm³/mol. The minimum atomic E-state index is 0. The first-order valence-electron chi connectivity index (χ1n) is 11.0. The highest BCUT2D eigenvalue weighted by Crippen LogP contribution is 2.28. The fraction of sp³-hybridized carbons (Fsp3) is 0.952. The minimum Gasteiger partial charge on any atom is -0.377 e. The first-order valence-corrected chi connectivity index (χ1v) is 11.0. The molecule has 0 aromatic rings. The van der Waals surface area contributed by atoms with E-state index in [1.165, 1.54) is 57.8 Å². The second kappa shape index (κ2) is 14.9. The van der Waals surface area contributed by atoms with E-state index in [1.807, 2.05) is 7.05 Å². The third-order valence-electron chi connectivity index (χ3n) is 5.82. The van der Waals surface area contributed by atoms with Crippen LogP contribution in [0.1, 0.15) is 71.6 Å². The van der Waals surface area contributed by atoms with Crippen LogP contribution in [0.4, 0.5) is 0 Å². The molecule has 0 unspecified atom stereocenters. The third-order valence-corrected chi connectivity index (χ3v) is 5.82. The molecule has 2 rings (SSSR count). The average Bonchev–Trinajstić information content (AvgIpc) is 3.15. The van der Waals surface area contributed by atoms with Crippen molar-refractivity contribution in [2.24, 2.45) is 10.9 Å². The smallest absolute Gasteiger partial charge is 0.191 e. The number of guanidine groups is 1. The van der Waals surface area contributed by atoms with Crippen LogP contribution >= 0.6 is 24.0 Å². The molecule has 27 heavy (non-hydrogen) atoms. The van der Waals surface area contributed by atoms with Gasteiger partial charge in [0.2, 0.25) is 0 Å². The van der Waals surface area contributed by atoms with Crippen molar-refractivity contribution in [2.45, 2.75) is 83.8 Å². The number of piperidine rings is 1. The standard InChI is InChI=1S/C21H42N4O.HI/c1-18(2)26-17-16-25-14-11-20(12-15-25)24-21(22-3)23-13-7-6-10-19-8-4-5-9-19;/h18-20H,4-17H2,1-3H3,(H2,22,23,24);1H. The van der Waals surface area contributed by atoms with E-state index in [9.17, 15) is 0 Å². The normalized spacial score (nSPS) is 20.1. The zero-order chi connectivity index (χ0) is 18.6. The summed E-state index contributed by atoms with van der Waals surface area (Å²) in [7, 11) is 1.88. The molecule has 2 fully saturated rings. The molecule has 1 aliphatic carbocycles. The Hall–Kier alpha value is -0.0800. The average molecular weight is 495 g/mol. The van der Waals surface area contributed by atoms with E-state index in [0.717, 1.165) is 44.7 Å². The number of nitrogens with one attached hydrogen (secondary N) is 2. The fourth-order valence-electron chi connectivity index (χ4n) is 4.17. The van der Waals surface area contributed by atoms with Gasteiger partial charge in [0.05, 0.1) is 12.7 Å². The molecule has 160 valence electrons. The number of aliphatic imine (C=N–C) groups is 1. The van der Waals surface area contributed by atoms with Gasteiger partial charge in [-0.2, -0.15) is 0 Å². The molecule has 0 amide bonds. The predicted octanol–water partition coefficient (Wildman–Crippen LogP) is 4.02. The van der Waals surface area contributed by atoms with Crippen molar-refractivity contribution in [3.8, 4) is 0 Å². The van der Waals surface area contributed by atoms with Gasteiger partial charge in [-0.25, -0.2) is 0 Å². The molecule has 5 nitrogen and oxygen atoms in total. The van der Waals surface area contributed by atoms with Crippen molar-refractivity contribution in [2.75, 3.05) is 39.8 Å². The molecule has 0 aromatic carbocycles. The molecule has 0 bridgehead atoms. The summed E-state index contributed by atoms with van der Waals surface area (Å²) in [5.74, 6) is 2.00. The number of ether oxygens (including phenoxy) is 1. The lowest BCUT2D eigenvalue weighted by atomic mass is 10.0. The largest absolute Gasteiger partial charge is 0.377 e. The number of rotatable bonds is 10.